The van der Waals surface area contributed by atoms with Crippen LogP contribution < -0.4 is 0 Å². The molecule has 0 unspecified atom stereocenters. The predicted molar refractivity (Wildman–Crippen MR) is 36.1 cm³/mol. The van der Waals surface area contributed by atoms with Crippen molar-refractivity contribution in [3.8, 4) is 6.07 Å². The fourth-order valence-corrected chi connectivity index (χ4v) is 0.856. The number of aliphatic hydroxyl groups excluding tert-OH is 1. The van der Waals surface area contributed by atoms with E-state index in [2.05, 4.69) is 4.98 Å². The maximum Gasteiger partial charge on any atom is 0.150 e. The molecular weight excluding hydrogens is 147 g/mol. The number of H-pyrrole nitrogens is 1. The Kier molecular flexibility index (Phi) is 1.92. The highest BCUT2D eigenvalue weighted by atomic mass is 19.1. The van der Waals surface area contributed by atoms with Crippen molar-refractivity contribution in [1.82, 2.24) is 4.98 Å². The molecule has 0 spiro atoms. The Morgan fingerprint density at radius 1 is 1.73 bits per heavy atom. The van der Waals surface area contributed by atoms with Gasteiger partial charge in [0.2, 0.25) is 0 Å². The minimum Gasteiger partial charge on any atom is -0.390 e. The average Bonchev–Trinajstić information content (AvgIpc) is 2.30. The summed E-state index contributed by atoms with van der Waals surface area (Å²) in [6.45, 7) is 1.08. The molecule has 1 aromatic rings. The minimum absolute atomic E-state index is 0.0686. The second-order valence-electron chi connectivity index (χ2n) is 2.19. The van der Waals surface area contributed by atoms with Gasteiger partial charge in [-0.1, -0.05) is 0 Å². The van der Waals surface area contributed by atoms with Crippen LogP contribution in [0.15, 0.2) is 0 Å². The topological polar surface area (TPSA) is 59.8 Å². The van der Waals surface area contributed by atoms with Crippen LogP contribution >= 0.6 is 0 Å². The summed E-state index contributed by atoms with van der Waals surface area (Å²) >= 11 is 0. The van der Waals surface area contributed by atoms with Crippen molar-refractivity contribution in [3.63, 3.8) is 0 Å². The van der Waals surface area contributed by atoms with Crippen molar-refractivity contribution in [2.75, 3.05) is 0 Å². The fourth-order valence-electron chi connectivity index (χ4n) is 0.856. The molecule has 1 aromatic heterocycles. The van der Waals surface area contributed by atoms with Gasteiger partial charge in [0.15, 0.2) is 5.82 Å². The molecule has 0 atom stereocenters. The highest BCUT2D eigenvalue weighted by molar-refractivity contribution is 5.35. The second-order valence-corrected chi connectivity index (χ2v) is 2.19. The van der Waals surface area contributed by atoms with Crippen molar-refractivity contribution in [1.29, 1.82) is 5.26 Å². The molecule has 0 radical (unpaired) electrons. The molecule has 0 aliphatic rings. The number of aliphatic hydroxyl groups is 1. The first kappa shape index (κ1) is 7.76. The number of nitrogens with one attached hydrogen (secondary N) is 1. The Labute approximate surface area is 63.1 Å². The lowest BCUT2D eigenvalue weighted by Crippen LogP contribution is -1.86. The lowest BCUT2D eigenvalue weighted by Gasteiger charge is -1.87. The molecular formula is C7H7FN2O. The maximum absolute atomic E-state index is 12.9. The molecule has 0 amide bonds. The Morgan fingerprint density at radius 2 is 2.36 bits per heavy atom. The first-order valence-electron chi connectivity index (χ1n) is 3.08. The lowest BCUT2D eigenvalue weighted by molar-refractivity contribution is 0.271. The van der Waals surface area contributed by atoms with Gasteiger partial charge in [0.25, 0.3) is 0 Å². The summed E-state index contributed by atoms with van der Waals surface area (Å²) in [5.41, 5.74) is 0.502. The SMILES string of the molecule is Cc1c(C#N)[nH]c(CO)c1F. The summed E-state index contributed by atoms with van der Waals surface area (Å²) < 4.78 is 12.9. The molecule has 0 bridgehead atoms. The summed E-state index contributed by atoms with van der Waals surface area (Å²) in [5.74, 6) is -0.524. The molecule has 0 saturated carbocycles. The number of hydrogen-bond donors (Lipinski definition) is 2. The standard InChI is InChI=1S/C7H7FN2O/c1-4-5(2-9)10-6(3-11)7(4)8/h10-11H,3H2,1H3. The number of aromatic amines is 1. The van der Waals surface area contributed by atoms with E-state index in [0.717, 1.165) is 0 Å². The second kappa shape index (κ2) is 2.72. The van der Waals surface area contributed by atoms with Crippen LogP contribution in [0.2, 0.25) is 0 Å². The summed E-state index contributed by atoms with van der Waals surface area (Å²) in [6, 6.07) is 1.78. The molecule has 0 aromatic carbocycles. The third kappa shape index (κ3) is 1.10. The molecule has 4 heteroatoms. The van der Waals surface area contributed by atoms with Crippen LogP contribution in [0.25, 0.3) is 0 Å². The van der Waals surface area contributed by atoms with E-state index in [9.17, 15) is 4.39 Å². The van der Waals surface area contributed by atoms with E-state index in [1.54, 1.807) is 6.07 Å². The zero-order valence-corrected chi connectivity index (χ0v) is 5.98. The van der Waals surface area contributed by atoms with Gasteiger partial charge in [-0.15, -0.1) is 0 Å². The van der Waals surface area contributed by atoms with Crippen LogP contribution in [0.5, 0.6) is 0 Å². The van der Waals surface area contributed by atoms with Gasteiger partial charge >= 0.3 is 0 Å². The van der Waals surface area contributed by atoms with E-state index in [-0.39, 0.29) is 17.0 Å². The third-order valence-electron chi connectivity index (χ3n) is 1.51. The van der Waals surface area contributed by atoms with E-state index in [1.807, 2.05) is 0 Å². The number of rotatable bonds is 1. The third-order valence-corrected chi connectivity index (χ3v) is 1.51. The van der Waals surface area contributed by atoms with Crippen LogP contribution in [0.3, 0.4) is 0 Å². The van der Waals surface area contributed by atoms with Gasteiger partial charge in [0.05, 0.1) is 12.3 Å². The number of nitriles is 1. The van der Waals surface area contributed by atoms with Gasteiger partial charge in [0.1, 0.15) is 11.8 Å². The minimum atomic E-state index is -0.524. The summed E-state index contributed by atoms with van der Waals surface area (Å²) in [7, 11) is 0. The smallest absolute Gasteiger partial charge is 0.150 e. The molecule has 1 heterocycles. The van der Waals surface area contributed by atoms with Gasteiger partial charge in [-0.05, 0) is 6.92 Å². The molecule has 3 nitrogen and oxygen atoms in total. The lowest BCUT2D eigenvalue weighted by atomic mass is 10.2. The highest BCUT2D eigenvalue weighted by Crippen LogP contribution is 2.14. The van der Waals surface area contributed by atoms with E-state index >= 15 is 0 Å². The zero-order chi connectivity index (χ0) is 8.43. The quantitative estimate of drug-likeness (QED) is 0.629. The first-order chi connectivity index (χ1) is 5.20. The van der Waals surface area contributed by atoms with Crippen molar-refractivity contribution < 1.29 is 9.50 Å². The van der Waals surface area contributed by atoms with E-state index in [4.69, 9.17) is 10.4 Å². The van der Waals surface area contributed by atoms with Crippen LogP contribution in [0, 0.1) is 24.1 Å². The molecule has 0 fully saturated rings. The average molecular weight is 154 g/mol. The zero-order valence-electron chi connectivity index (χ0n) is 5.98. The Hall–Kier alpha value is -1.34. The molecule has 0 saturated heterocycles. The molecule has 58 valence electrons. The van der Waals surface area contributed by atoms with Gasteiger partial charge < -0.3 is 10.1 Å². The van der Waals surface area contributed by atoms with E-state index in [1.165, 1.54) is 6.92 Å². The van der Waals surface area contributed by atoms with Crippen LogP contribution in [0.4, 0.5) is 4.39 Å². The Balaban J connectivity index is 3.26. The molecule has 0 aliphatic heterocycles. The van der Waals surface area contributed by atoms with E-state index < -0.39 is 12.4 Å². The number of halogens is 1. The first-order valence-corrected chi connectivity index (χ1v) is 3.08. The van der Waals surface area contributed by atoms with Gasteiger partial charge in [-0.25, -0.2) is 4.39 Å². The normalized spacial score (nSPS) is 9.64. The molecule has 2 N–H and O–H groups in total. The summed E-state index contributed by atoms with van der Waals surface area (Å²) in [5, 5.41) is 17.0. The summed E-state index contributed by atoms with van der Waals surface area (Å²) in [4.78, 5) is 2.46. The van der Waals surface area contributed by atoms with Crippen LogP contribution in [-0.2, 0) is 6.61 Å². The largest absolute Gasteiger partial charge is 0.390 e. The number of aromatic nitrogens is 1. The van der Waals surface area contributed by atoms with Crippen molar-refractivity contribution in [3.05, 3.63) is 22.8 Å². The van der Waals surface area contributed by atoms with Crippen molar-refractivity contribution >= 4 is 0 Å². The van der Waals surface area contributed by atoms with Crippen LogP contribution in [0.1, 0.15) is 17.0 Å². The highest BCUT2D eigenvalue weighted by Gasteiger charge is 2.11. The monoisotopic (exact) mass is 154 g/mol. The van der Waals surface area contributed by atoms with Gasteiger partial charge in [-0.2, -0.15) is 5.26 Å². The number of nitrogens with zero attached hydrogens (tertiary/aromatic N) is 1. The van der Waals surface area contributed by atoms with E-state index in [0.29, 0.717) is 0 Å². The van der Waals surface area contributed by atoms with Crippen molar-refractivity contribution in [2.24, 2.45) is 0 Å². The Morgan fingerprint density at radius 3 is 2.64 bits per heavy atom. The molecule has 11 heavy (non-hydrogen) atoms. The summed E-state index contributed by atoms with van der Waals surface area (Å²) in [6.07, 6.45) is 0. The predicted octanol–water partition coefficient (Wildman–Crippen LogP) is 0.826. The Bertz CT molecular complexity index is 311. The van der Waals surface area contributed by atoms with Gasteiger partial charge in [0, 0.05) is 5.56 Å². The molecule has 1 rings (SSSR count). The van der Waals surface area contributed by atoms with Crippen LogP contribution in [-0.4, -0.2) is 10.1 Å². The number of hydrogen-bond acceptors (Lipinski definition) is 2. The molecule has 0 aliphatic carbocycles. The van der Waals surface area contributed by atoms with Gasteiger partial charge in [-0.3, -0.25) is 0 Å². The fraction of sp³-hybridized carbons (Fsp3) is 0.286. The van der Waals surface area contributed by atoms with Crippen molar-refractivity contribution in [2.45, 2.75) is 13.5 Å². The maximum atomic E-state index is 12.9.